The number of likely N-dealkylation sites (N-methyl/N-ethyl adjacent to an activating group) is 1. The highest BCUT2D eigenvalue weighted by Crippen LogP contribution is 2.34. The summed E-state index contributed by atoms with van der Waals surface area (Å²) in [5.41, 5.74) is 0.0999. The third-order valence-corrected chi connectivity index (χ3v) is 21.8. The molecule has 0 spiro atoms. The van der Waals surface area contributed by atoms with E-state index in [0.29, 0.717) is 147 Å². The van der Waals surface area contributed by atoms with Crippen molar-refractivity contribution in [2.75, 3.05) is 199 Å². The SMILES string of the molecule is CCC(C)[C@H](CC(=O)C(C)(C)N(C)C)C(=O)N(C)[C@H](C[C@@H](OC(C)=O)c1nc(C(=O)N[C@@H](Cc2ccc(OCN(C)C)c(NC(=O)CCCCC(=O)[C@H](CCCCNC(=O)COCCOCCOCCOCCOCCOCCOCCOCCOCCOC)NC(=O)CCCN3C(=O)CC(SC)C3=O)c2)CC(C)C(=O)O)cs1)C(C)C. The van der Waals surface area contributed by atoms with Gasteiger partial charge in [0.05, 0.1) is 147 Å². The summed E-state index contributed by atoms with van der Waals surface area (Å²) < 4.78 is 66.2. The number of anilines is 1. The molecule has 5 N–H and O–H groups in total. The molecule has 0 bridgehead atoms. The van der Waals surface area contributed by atoms with Gasteiger partial charge >= 0.3 is 11.9 Å². The number of carboxylic acid groups (broad SMARTS) is 1. The van der Waals surface area contributed by atoms with Gasteiger partial charge in [0.2, 0.25) is 35.4 Å². The summed E-state index contributed by atoms with van der Waals surface area (Å²) in [6.07, 6.45) is 3.74. The molecule has 1 saturated heterocycles. The van der Waals surface area contributed by atoms with E-state index in [-0.39, 0.29) is 169 Å². The van der Waals surface area contributed by atoms with Crippen LogP contribution >= 0.6 is 23.1 Å². The number of benzene rings is 1. The monoisotopic (exact) mass is 1700 g/mol. The number of nitrogens with zero attached hydrogens (tertiary/aromatic N) is 5. The Hall–Kier alpha value is -6.71. The molecule has 117 heavy (non-hydrogen) atoms. The fraction of sp³-hybridized carbons (Fsp3) is 0.756. The Morgan fingerprint density at radius 1 is 0.701 bits per heavy atom. The Morgan fingerprint density at radius 2 is 1.26 bits per heavy atom. The predicted molar refractivity (Wildman–Crippen MR) is 443 cm³/mol. The predicted octanol–water partition coefficient (Wildman–Crippen LogP) is 6.84. The van der Waals surface area contributed by atoms with E-state index in [1.54, 1.807) is 62.5 Å². The molecule has 1 aromatic carbocycles. The highest BCUT2D eigenvalue weighted by Gasteiger charge is 2.41. The summed E-state index contributed by atoms with van der Waals surface area (Å²) in [6.45, 7) is 22.2. The summed E-state index contributed by atoms with van der Waals surface area (Å²) in [4.78, 5) is 158. The topological polar surface area (TPSA) is 393 Å². The molecule has 0 saturated carbocycles. The Morgan fingerprint density at radius 3 is 1.77 bits per heavy atom. The first-order valence-electron chi connectivity index (χ1n) is 40.8. The molecule has 35 heteroatoms. The van der Waals surface area contributed by atoms with Gasteiger partial charge in [-0.1, -0.05) is 47.1 Å². The number of carboxylic acids is 1. The van der Waals surface area contributed by atoms with Crippen molar-refractivity contribution in [1.29, 1.82) is 0 Å². The molecule has 3 rings (SSSR count). The van der Waals surface area contributed by atoms with Crippen LogP contribution in [0.5, 0.6) is 5.75 Å². The van der Waals surface area contributed by atoms with Gasteiger partial charge in [-0.3, -0.25) is 67.4 Å². The van der Waals surface area contributed by atoms with Crippen LogP contribution < -0.4 is 26.0 Å². The van der Waals surface area contributed by atoms with Crippen LogP contribution in [-0.2, 0) is 106 Å². The van der Waals surface area contributed by atoms with Crippen LogP contribution in [0.3, 0.4) is 0 Å². The molecule has 2 heterocycles. The van der Waals surface area contributed by atoms with Crippen molar-refractivity contribution in [2.45, 2.75) is 187 Å². The number of aliphatic carboxylic acids is 1. The zero-order chi connectivity index (χ0) is 86.7. The number of imide groups is 1. The maximum Gasteiger partial charge on any atom is 0.306 e. The number of ether oxygens (including phenoxy) is 12. The average molecular weight is 1700 g/mol. The number of hydrogen-bond donors (Lipinski definition) is 5. The maximum absolute atomic E-state index is 14.5. The second-order valence-electron chi connectivity index (χ2n) is 30.3. The number of likely N-dealkylation sites (tertiary alicyclic amines) is 1. The number of nitrogens with one attached hydrogen (secondary N) is 4. The van der Waals surface area contributed by atoms with Crippen molar-refractivity contribution in [3.63, 3.8) is 0 Å². The number of thioether (sulfide) groups is 1. The maximum atomic E-state index is 14.5. The van der Waals surface area contributed by atoms with Crippen molar-refractivity contribution < 1.29 is 115 Å². The number of thiazole rings is 1. The van der Waals surface area contributed by atoms with Crippen LogP contribution in [0.15, 0.2) is 23.6 Å². The molecule has 0 radical (unpaired) electrons. The van der Waals surface area contributed by atoms with Crippen LogP contribution in [0.25, 0.3) is 0 Å². The Bertz CT molecular complexity index is 3280. The molecule has 1 aliphatic rings. The van der Waals surface area contributed by atoms with Gasteiger partial charge in [0.1, 0.15) is 29.8 Å². The molecular weight excluding hydrogens is 1560 g/mol. The first-order chi connectivity index (χ1) is 55.8. The Kier molecular flexibility index (Phi) is 53.5. The first-order valence-corrected chi connectivity index (χ1v) is 43.0. The number of carbonyl (C=O) groups is 11. The fourth-order valence-corrected chi connectivity index (χ4v) is 13.7. The lowest BCUT2D eigenvalue weighted by atomic mass is 9.81. The zero-order valence-electron chi connectivity index (χ0n) is 72.1. The minimum absolute atomic E-state index is 0.00121. The van der Waals surface area contributed by atoms with E-state index >= 15 is 0 Å². The van der Waals surface area contributed by atoms with E-state index < -0.39 is 76.5 Å². The average Bonchev–Trinajstić information content (AvgIpc) is 1.27. The van der Waals surface area contributed by atoms with Gasteiger partial charge in [-0.05, 0) is 129 Å². The van der Waals surface area contributed by atoms with Crippen molar-refractivity contribution >= 4 is 93.6 Å². The number of amides is 7. The summed E-state index contributed by atoms with van der Waals surface area (Å²) in [5, 5.41) is 23.1. The molecule has 0 aliphatic carbocycles. The summed E-state index contributed by atoms with van der Waals surface area (Å²) in [5.74, 6) is -6.03. The normalized spacial score (nSPS) is 14.9. The van der Waals surface area contributed by atoms with E-state index in [0.717, 1.165) is 11.3 Å². The molecular formula is C82H137N9O24S2. The third kappa shape index (κ3) is 42.9. The van der Waals surface area contributed by atoms with Gasteiger partial charge in [-0.2, -0.15) is 11.8 Å². The van der Waals surface area contributed by atoms with Crippen LogP contribution in [0.1, 0.15) is 172 Å². The number of ketones is 2. The summed E-state index contributed by atoms with van der Waals surface area (Å²) in [7, 11) is 10.6. The largest absolute Gasteiger partial charge is 0.481 e. The first kappa shape index (κ1) is 104. The fourth-order valence-electron chi connectivity index (χ4n) is 12.2. The van der Waals surface area contributed by atoms with Gasteiger partial charge in [0.25, 0.3) is 5.91 Å². The van der Waals surface area contributed by atoms with E-state index in [4.69, 9.17) is 56.8 Å². The summed E-state index contributed by atoms with van der Waals surface area (Å²) in [6, 6.07) is 2.95. The Balaban J connectivity index is 1.56. The second kappa shape index (κ2) is 59.9. The molecule has 1 aromatic heterocycles. The molecule has 1 aliphatic heterocycles. The summed E-state index contributed by atoms with van der Waals surface area (Å²) >= 11 is 2.40. The molecule has 666 valence electrons. The van der Waals surface area contributed by atoms with Crippen LogP contribution in [0.2, 0.25) is 0 Å². The lowest BCUT2D eigenvalue weighted by molar-refractivity contribution is -0.150. The number of rotatable bonds is 70. The van der Waals surface area contributed by atoms with Crippen LogP contribution in [0.4, 0.5) is 5.69 Å². The number of aromatic nitrogens is 1. The van der Waals surface area contributed by atoms with E-state index in [9.17, 15) is 57.8 Å². The van der Waals surface area contributed by atoms with Crippen LogP contribution in [-0.4, -0.2) is 317 Å². The molecule has 2 aromatic rings. The number of Topliss-reactive ketones (excluding diaryl/α,β-unsaturated/α-hetero) is 2. The van der Waals surface area contributed by atoms with Gasteiger partial charge < -0.3 is 88.1 Å². The van der Waals surface area contributed by atoms with Crippen molar-refractivity contribution in [1.82, 2.24) is 40.5 Å². The molecule has 1 fully saturated rings. The van der Waals surface area contributed by atoms with E-state index in [1.807, 2.05) is 60.5 Å². The number of methoxy groups -OCH3 is 1. The molecule has 8 atom stereocenters. The van der Waals surface area contributed by atoms with E-state index in [1.165, 1.54) is 35.9 Å². The van der Waals surface area contributed by atoms with Gasteiger partial charge in [-0.25, -0.2) is 4.98 Å². The zero-order valence-corrected chi connectivity index (χ0v) is 73.7. The van der Waals surface area contributed by atoms with Gasteiger partial charge in [0.15, 0.2) is 17.7 Å². The second-order valence-corrected chi connectivity index (χ2v) is 32.2. The quantitative estimate of drug-likeness (QED) is 0.0196. The minimum atomic E-state index is -1.09. The minimum Gasteiger partial charge on any atom is -0.481 e. The molecule has 7 amide bonds. The number of unbranched alkanes of at least 4 members (excludes halogenated alkanes) is 2. The van der Waals surface area contributed by atoms with Crippen molar-refractivity contribution in [3.8, 4) is 5.75 Å². The third-order valence-electron chi connectivity index (χ3n) is 19.9. The molecule has 33 nitrogen and oxygen atoms in total. The van der Waals surface area contributed by atoms with Gasteiger partial charge in [-0.15, -0.1) is 11.3 Å². The van der Waals surface area contributed by atoms with Gasteiger partial charge in [0, 0.05) is 96.1 Å². The number of esters is 1. The van der Waals surface area contributed by atoms with E-state index in [2.05, 4.69) is 26.3 Å². The number of carbonyl (C=O) groups excluding carboxylic acids is 10. The highest BCUT2D eigenvalue weighted by molar-refractivity contribution is 8.00. The number of hydrogen-bond acceptors (Lipinski definition) is 28. The standard InChI is InChI=1S/C82H137N9O24S2/c1-16-58(4)63(51-72(94)82(7,8)89(11)12)79(100)90(13)67(57(2)3)52-70(115-60(6)92)78-87-66(55-117-78)77(99)84-62(48-59(5)81(102)103)49-61-26-27-69(114-56-88(9)10)65(50-61)86-73(95)24-18-17-23-68(93)64(85-74(96)25-21-29-91-76(98)53-71(116-15)80(91)101)22-19-20-28-83-75(97)54-113-47-46-112-45-44-111-43-42-110-41-40-109-39-38-108-37-36-107-35-34-106-33-32-105-31-30-104-14/h26-27,50,55,57-59,62-64,67,70-71H,16-25,28-49,51-54,56H2,1-15H3,(H,83,97)(H,84,99)(H,85,96)(H,86,95)(H,102,103)/t58?,59?,62-,63+,64+,67-,70-,71?/m1/s1. The van der Waals surface area contributed by atoms with Crippen LogP contribution in [0, 0.1) is 23.7 Å². The van der Waals surface area contributed by atoms with Crippen molar-refractivity contribution in [3.05, 3.63) is 39.8 Å². The smallest absolute Gasteiger partial charge is 0.306 e. The lowest BCUT2D eigenvalue weighted by Crippen LogP contribution is -2.50. The highest BCUT2D eigenvalue weighted by atomic mass is 32.2. The molecule has 3 unspecified atom stereocenters. The van der Waals surface area contributed by atoms with Crippen molar-refractivity contribution in [2.24, 2.45) is 23.7 Å². The lowest BCUT2D eigenvalue weighted by Gasteiger charge is -2.38. The Labute approximate surface area is 700 Å².